The van der Waals surface area contributed by atoms with Gasteiger partial charge in [-0.25, -0.2) is 0 Å². The second-order valence-corrected chi connectivity index (χ2v) is 10.0. The fourth-order valence-electron chi connectivity index (χ4n) is 5.07. The number of carbonyl (C=O) groups excluding carboxylic acids is 3. The van der Waals surface area contributed by atoms with E-state index in [0.717, 1.165) is 0 Å². The molecule has 0 aromatic heterocycles. The van der Waals surface area contributed by atoms with Gasteiger partial charge in [0.2, 0.25) is 11.8 Å². The minimum atomic E-state index is -1.05. The van der Waals surface area contributed by atoms with Crippen molar-refractivity contribution < 1.29 is 29.2 Å². The van der Waals surface area contributed by atoms with Gasteiger partial charge in [0.05, 0.1) is 23.0 Å². The average Bonchev–Trinajstić information content (AvgIpc) is 3.60. The van der Waals surface area contributed by atoms with Crippen LogP contribution in [-0.4, -0.2) is 87.8 Å². The number of likely N-dealkylation sites (tertiary alicyclic amines) is 1. The maximum absolute atomic E-state index is 13.3. The number of Topliss-reactive ketones (excluding diaryl/α,β-unsaturated/α-hetero) is 1. The van der Waals surface area contributed by atoms with Crippen molar-refractivity contribution in [3.05, 3.63) is 39.9 Å². The number of nitro benzene ring substituents is 1. The fourth-order valence-corrected chi connectivity index (χ4v) is 5.07. The zero-order valence-corrected chi connectivity index (χ0v) is 22.0. The molecule has 1 unspecified atom stereocenters. The first-order valence-electron chi connectivity index (χ1n) is 13.2. The molecule has 40 heavy (non-hydrogen) atoms. The third-order valence-electron chi connectivity index (χ3n) is 7.15. The second kappa shape index (κ2) is 13.8. The van der Waals surface area contributed by atoms with Crippen molar-refractivity contribution in [2.45, 2.75) is 75.2 Å². The molecule has 2 aliphatic heterocycles. The summed E-state index contributed by atoms with van der Waals surface area (Å²) in [6, 6.07) is 1.43. The molecule has 5 atom stereocenters. The van der Waals surface area contributed by atoms with Gasteiger partial charge in [-0.05, 0) is 50.5 Å². The number of nitrogens with one attached hydrogen (secondary N) is 2. The van der Waals surface area contributed by atoms with Gasteiger partial charge in [-0.2, -0.15) is 0 Å². The Bertz CT molecular complexity index is 1140. The minimum Gasteiger partial charge on any atom is -0.480 e. The fraction of sp³-hybridized carbons (Fsp3) is 0.560. The summed E-state index contributed by atoms with van der Waals surface area (Å²) in [4.78, 5) is 66.8. The maximum atomic E-state index is 13.3. The number of rotatable bonds is 13. The molecule has 15 nitrogen and oxygen atoms in total. The number of non-ortho nitro benzene ring substituents is 1. The van der Waals surface area contributed by atoms with Crippen LogP contribution < -0.4 is 27.8 Å². The van der Waals surface area contributed by atoms with Crippen LogP contribution in [-0.2, 0) is 25.6 Å². The molecular formula is C25H36N8O7. The summed E-state index contributed by atoms with van der Waals surface area (Å²) in [6.07, 6.45) is 2.31. The number of guanidine groups is 1. The Morgan fingerprint density at radius 3 is 2.42 bits per heavy atom. The molecule has 0 saturated carbocycles. The number of hydrogen-bond acceptors (Lipinski definition) is 9. The van der Waals surface area contributed by atoms with Crippen molar-refractivity contribution in [3.8, 4) is 0 Å². The molecule has 0 bridgehead atoms. The molecule has 3 rings (SSSR count). The maximum Gasteiger partial charge on any atom is 0.320 e. The van der Waals surface area contributed by atoms with Crippen LogP contribution in [0.2, 0.25) is 0 Å². The Labute approximate surface area is 230 Å². The van der Waals surface area contributed by atoms with E-state index in [0.29, 0.717) is 37.8 Å². The summed E-state index contributed by atoms with van der Waals surface area (Å²) in [5.41, 5.74) is 17.5. The summed E-state index contributed by atoms with van der Waals surface area (Å²) in [5, 5.41) is 25.7. The number of hydrogen-bond donors (Lipinski definition) is 6. The van der Waals surface area contributed by atoms with E-state index in [-0.39, 0.29) is 43.2 Å². The average molecular weight is 561 g/mol. The molecule has 2 saturated heterocycles. The summed E-state index contributed by atoms with van der Waals surface area (Å²) < 4.78 is 0. The number of amides is 2. The first-order chi connectivity index (χ1) is 19.0. The number of benzene rings is 1. The van der Waals surface area contributed by atoms with Crippen LogP contribution in [0.15, 0.2) is 29.3 Å². The lowest BCUT2D eigenvalue weighted by atomic mass is 9.98. The lowest BCUT2D eigenvalue weighted by Crippen LogP contribution is -2.56. The van der Waals surface area contributed by atoms with Crippen LogP contribution in [0.5, 0.6) is 0 Å². The Hall–Kier alpha value is -4.11. The number of carbonyl (C=O) groups is 4. The first-order valence-corrected chi connectivity index (χ1v) is 13.2. The second-order valence-electron chi connectivity index (χ2n) is 10.0. The quantitative estimate of drug-likeness (QED) is 0.0547. The van der Waals surface area contributed by atoms with Crippen molar-refractivity contribution >= 4 is 35.2 Å². The van der Waals surface area contributed by atoms with E-state index in [9.17, 15) is 34.4 Å². The lowest BCUT2D eigenvalue weighted by Gasteiger charge is -2.29. The van der Waals surface area contributed by atoms with Crippen molar-refractivity contribution in [3.63, 3.8) is 0 Å². The Kier molecular flexibility index (Phi) is 10.5. The molecule has 0 spiro atoms. The standard InChI is InChI=1S/C25H36N8O7/c26-16(13-14-5-7-15(8-6-14)33(39)40)23(36)32-12-2-4-20(32)22(35)31-17(3-1-11-29-25(27)28)21(34)18-9-10-19(30-18)24(37)38/h5-8,16-20,30H,1-4,9-13,26H2,(H,31,35)(H,37,38)(H4,27,28,29)/t16-,17-,18?,19-,20-/m0/s1. The number of carboxylic acids is 1. The third-order valence-corrected chi connectivity index (χ3v) is 7.15. The number of nitrogens with zero attached hydrogens (tertiary/aromatic N) is 3. The smallest absolute Gasteiger partial charge is 0.320 e. The molecule has 2 aliphatic rings. The van der Waals surface area contributed by atoms with Gasteiger partial charge in [-0.3, -0.25) is 39.6 Å². The molecular weight excluding hydrogens is 524 g/mol. The molecule has 1 aromatic rings. The number of aliphatic carboxylic acids is 1. The van der Waals surface area contributed by atoms with Gasteiger partial charge in [0.15, 0.2) is 11.7 Å². The first kappa shape index (κ1) is 30.4. The number of ketones is 1. The highest BCUT2D eigenvalue weighted by atomic mass is 16.6. The number of carboxylic acid groups (broad SMARTS) is 1. The number of nitro groups is 1. The van der Waals surface area contributed by atoms with Crippen molar-refractivity contribution in [2.75, 3.05) is 13.1 Å². The van der Waals surface area contributed by atoms with Crippen molar-refractivity contribution in [1.29, 1.82) is 0 Å². The summed E-state index contributed by atoms with van der Waals surface area (Å²) >= 11 is 0. The number of nitrogens with two attached hydrogens (primary N) is 3. The Morgan fingerprint density at radius 1 is 1.15 bits per heavy atom. The van der Waals surface area contributed by atoms with E-state index in [2.05, 4.69) is 15.6 Å². The van der Waals surface area contributed by atoms with Gasteiger partial charge in [0.1, 0.15) is 12.1 Å². The van der Waals surface area contributed by atoms with Gasteiger partial charge in [0.25, 0.3) is 5.69 Å². The zero-order valence-electron chi connectivity index (χ0n) is 22.0. The lowest BCUT2D eigenvalue weighted by molar-refractivity contribution is -0.384. The zero-order chi connectivity index (χ0) is 29.4. The van der Waals surface area contributed by atoms with E-state index in [1.807, 2.05) is 0 Å². The van der Waals surface area contributed by atoms with Gasteiger partial charge in [0, 0.05) is 25.2 Å². The van der Waals surface area contributed by atoms with Crippen LogP contribution in [0.3, 0.4) is 0 Å². The van der Waals surface area contributed by atoms with E-state index in [4.69, 9.17) is 17.2 Å². The topological polar surface area (TPSA) is 249 Å². The highest BCUT2D eigenvalue weighted by molar-refractivity contribution is 5.96. The van der Waals surface area contributed by atoms with E-state index >= 15 is 0 Å². The van der Waals surface area contributed by atoms with E-state index < -0.39 is 52.9 Å². The summed E-state index contributed by atoms with van der Waals surface area (Å²) in [5.74, 6) is -2.42. The largest absolute Gasteiger partial charge is 0.480 e. The molecule has 9 N–H and O–H groups in total. The summed E-state index contributed by atoms with van der Waals surface area (Å²) in [6.45, 7) is 0.557. The normalized spacial score (nSPS) is 21.8. The predicted molar refractivity (Wildman–Crippen MR) is 144 cm³/mol. The molecule has 0 aliphatic carbocycles. The monoisotopic (exact) mass is 560 g/mol. The molecule has 0 radical (unpaired) electrons. The Balaban J connectivity index is 1.66. The van der Waals surface area contributed by atoms with Crippen LogP contribution in [0.25, 0.3) is 0 Å². The van der Waals surface area contributed by atoms with Gasteiger partial charge < -0.3 is 32.5 Å². The van der Waals surface area contributed by atoms with Crippen LogP contribution in [0.4, 0.5) is 5.69 Å². The van der Waals surface area contributed by atoms with Gasteiger partial charge in [-0.1, -0.05) is 12.1 Å². The van der Waals surface area contributed by atoms with Gasteiger partial charge >= 0.3 is 5.97 Å². The van der Waals surface area contributed by atoms with E-state index in [1.54, 1.807) is 0 Å². The molecule has 2 fully saturated rings. The van der Waals surface area contributed by atoms with Crippen molar-refractivity contribution in [1.82, 2.24) is 15.5 Å². The highest BCUT2D eigenvalue weighted by Gasteiger charge is 2.40. The van der Waals surface area contributed by atoms with E-state index in [1.165, 1.54) is 29.2 Å². The van der Waals surface area contributed by atoms with Crippen LogP contribution >= 0.6 is 0 Å². The molecule has 218 valence electrons. The molecule has 1 aromatic carbocycles. The SMILES string of the molecule is NC(N)=NCCC[C@H](NC(=O)[C@@H]1CCCN1C(=O)[C@@H](N)Cc1ccc([N+](=O)[O-])cc1)C(=O)C1CC[C@@H](C(=O)O)N1. The van der Waals surface area contributed by atoms with Gasteiger partial charge in [-0.15, -0.1) is 0 Å². The number of aliphatic imine (C=N–C) groups is 1. The highest BCUT2D eigenvalue weighted by Crippen LogP contribution is 2.21. The minimum absolute atomic E-state index is 0.0754. The predicted octanol–water partition coefficient (Wildman–Crippen LogP) is -1.23. The van der Waals surface area contributed by atoms with Crippen molar-refractivity contribution in [2.24, 2.45) is 22.2 Å². The summed E-state index contributed by atoms with van der Waals surface area (Å²) in [7, 11) is 0. The molecule has 2 heterocycles. The third kappa shape index (κ3) is 7.95. The van der Waals surface area contributed by atoms with Crippen LogP contribution in [0, 0.1) is 10.1 Å². The molecule has 2 amide bonds. The van der Waals surface area contributed by atoms with Crippen LogP contribution in [0.1, 0.15) is 44.1 Å². The molecule has 15 heteroatoms. The Morgan fingerprint density at radius 2 is 1.82 bits per heavy atom.